The molecule has 1 atom stereocenters. The Kier molecular flexibility index (Phi) is 4.25. The summed E-state index contributed by atoms with van der Waals surface area (Å²) in [7, 11) is 0. The first kappa shape index (κ1) is 13.8. The second-order valence-corrected chi connectivity index (χ2v) is 7.01. The summed E-state index contributed by atoms with van der Waals surface area (Å²) in [4.78, 5) is 2.48. The van der Waals surface area contributed by atoms with Crippen LogP contribution in [0.4, 0.5) is 0 Å². The zero-order chi connectivity index (χ0) is 13.3. The molecule has 0 aliphatic rings. The van der Waals surface area contributed by atoms with Crippen LogP contribution in [0.1, 0.15) is 46.7 Å². The zero-order valence-corrected chi connectivity index (χ0v) is 13.3. The topological polar surface area (TPSA) is 26.0 Å². The van der Waals surface area contributed by atoms with E-state index in [4.69, 9.17) is 5.73 Å². The average Bonchev–Trinajstić information content (AvgIpc) is 2.67. The first-order chi connectivity index (χ1) is 8.49. The summed E-state index contributed by atoms with van der Waals surface area (Å²) in [5, 5.41) is 0. The summed E-state index contributed by atoms with van der Waals surface area (Å²) in [5.74, 6) is 0.561. The van der Waals surface area contributed by atoms with E-state index < -0.39 is 0 Å². The maximum atomic E-state index is 6.34. The van der Waals surface area contributed by atoms with Crippen molar-refractivity contribution in [3.05, 3.63) is 55.7 Å². The minimum atomic E-state index is -0.0423. The Bertz CT molecular complexity index is 528. The molecule has 3 heteroatoms. The van der Waals surface area contributed by atoms with E-state index in [1.165, 1.54) is 20.9 Å². The molecular weight excluding hydrogens is 306 g/mol. The van der Waals surface area contributed by atoms with Crippen molar-refractivity contribution in [2.45, 2.75) is 32.7 Å². The molecule has 0 fully saturated rings. The Hall–Kier alpha value is -0.640. The molecule has 96 valence electrons. The van der Waals surface area contributed by atoms with Gasteiger partial charge in [0.15, 0.2) is 0 Å². The number of thiophene rings is 1. The number of nitrogens with two attached hydrogens (primary N) is 1. The van der Waals surface area contributed by atoms with Crippen molar-refractivity contribution in [3.63, 3.8) is 0 Å². The molecule has 0 aliphatic heterocycles. The molecule has 0 bridgehead atoms. The van der Waals surface area contributed by atoms with E-state index >= 15 is 0 Å². The van der Waals surface area contributed by atoms with Gasteiger partial charge in [0.25, 0.3) is 0 Å². The number of hydrogen-bond donors (Lipinski definition) is 1. The third kappa shape index (κ3) is 2.85. The fraction of sp³-hybridized carbons (Fsp3) is 0.333. The van der Waals surface area contributed by atoms with Gasteiger partial charge >= 0.3 is 0 Å². The summed E-state index contributed by atoms with van der Waals surface area (Å²) in [6, 6.07) is 10.7. The van der Waals surface area contributed by atoms with Crippen LogP contribution in [0.5, 0.6) is 0 Å². The normalized spacial score (nSPS) is 13.0. The van der Waals surface area contributed by atoms with Gasteiger partial charge in [0.05, 0.1) is 6.04 Å². The highest BCUT2D eigenvalue weighted by molar-refractivity contribution is 9.10. The molecule has 0 radical (unpaired) electrons. The van der Waals surface area contributed by atoms with Crippen LogP contribution in [-0.4, -0.2) is 0 Å². The van der Waals surface area contributed by atoms with Gasteiger partial charge in [-0.05, 0) is 46.0 Å². The van der Waals surface area contributed by atoms with Gasteiger partial charge in [-0.1, -0.05) is 38.1 Å². The molecule has 1 aromatic heterocycles. The highest BCUT2D eigenvalue weighted by atomic mass is 79.9. The van der Waals surface area contributed by atoms with Crippen LogP contribution in [0.3, 0.4) is 0 Å². The Balaban J connectivity index is 2.28. The quantitative estimate of drug-likeness (QED) is 0.845. The smallest absolute Gasteiger partial charge is 0.0657 e. The summed E-state index contributed by atoms with van der Waals surface area (Å²) < 4.78 is 1.12. The van der Waals surface area contributed by atoms with E-state index in [1.54, 1.807) is 11.3 Å². The fourth-order valence-electron chi connectivity index (χ4n) is 1.95. The number of rotatable bonds is 3. The predicted octanol–water partition coefficient (Wildman–Crippen LogP) is 4.99. The summed E-state index contributed by atoms with van der Waals surface area (Å²) in [6.07, 6.45) is 0. The van der Waals surface area contributed by atoms with Crippen molar-refractivity contribution in [1.82, 2.24) is 0 Å². The van der Waals surface area contributed by atoms with Crippen molar-refractivity contribution in [3.8, 4) is 0 Å². The third-order valence-electron chi connectivity index (χ3n) is 3.08. The summed E-state index contributed by atoms with van der Waals surface area (Å²) in [5.41, 5.74) is 8.86. The van der Waals surface area contributed by atoms with E-state index in [-0.39, 0.29) is 6.04 Å². The molecule has 0 saturated carbocycles. The van der Waals surface area contributed by atoms with Crippen LogP contribution >= 0.6 is 27.3 Å². The highest BCUT2D eigenvalue weighted by Gasteiger charge is 2.15. The molecule has 0 saturated heterocycles. The first-order valence-electron chi connectivity index (χ1n) is 6.10. The molecule has 0 aliphatic carbocycles. The van der Waals surface area contributed by atoms with E-state index in [0.717, 1.165) is 4.47 Å². The Morgan fingerprint density at radius 2 is 1.67 bits per heavy atom. The van der Waals surface area contributed by atoms with Gasteiger partial charge in [0.2, 0.25) is 0 Å². The van der Waals surface area contributed by atoms with E-state index in [2.05, 4.69) is 67.0 Å². The molecule has 0 amide bonds. The maximum Gasteiger partial charge on any atom is 0.0657 e. The number of halogens is 1. The summed E-state index contributed by atoms with van der Waals surface area (Å²) in [6.45, 7) is 6.51. The van der Waals surface area contributed by atoms with E-state index in [1.807, 2.05) is 0 Å². The van der Waals surface area contributed by atoms with Gasteiger partial charge in [0.1, 0.15) is 0 Å². The molecule has 2 aromatic rings. The average molecular weight is 324 g/mol. The fourth-order valence-corrected chi connectivity index (χ4v) is 3.88. The Morgan fingerprint density at radius 3 is 2.11 bits per heavy atom. The van der Waals surface area contributed by atoms with Gasteiger partial charge in [-0.2, -0.15) is 0 Å². The van der Waals surface area contributed by atoms with Crippen molar-refractivity contribution in [1.29, 1.82) is 0 Å². The van der Waals surface area contributed by atoms with Gasteiger partial charge in [-0.15, -0.1) is 11.3 Å². The van der Waals surface area contributed by atoms with Crippen LogP contribution in [0.25, 0.3) is 0 Å². The van der Waals surface area contributed by atoms with Crippen LogP contribution in [0, 0.1) is 6.92 Å². The van der Waals surface area contributed by atoms with Crippen LogP contribution in [-0.2, 0) is 0 Å². The van der Waals surface area contributed by atoms with Crippen LogP contribution in [0.2, 0.25) is 0 Å². The molecule has 0 spiro atoms. The molecule has 1 unspecified atom stereocenters. The Morgan fingerprint density at radius 1 is 1.11 bits per heavy atom. The molecular formula is C15H18BrNS. The molecule has 2 rings (SSSR count). The maximum absolute atomic E-state index is 6.34. The summed E-state index contributed by atoms with van der Waals surface area (Å²) >= 11 is 5.34. The largest absolute Gasteiger partial charge is 0.320 e. The number of aryl methyl sites for hydroxylation is 1. The van der Waals surface area contributed by atoms with Gasteiger partial charge in [-0.25, -0.2) is 0 Å². The number of hydrogen-bond acceptors (Lipinski definition) is 2. The lowest BCUT2D eigenvalue weighted by atomic mass is 9.99. The molecule has 1 heterocycles. The molecule has 1 nitrogen and oxygen atoms in total. The minimum Gasteiger partial charge on any atom is -0.320 e. The number of benzene rings is 1. The minimum absolute atomic E-state index is 0.0423. The van der Waals surface area contributed by atoms with Crippen LogP contribution < -0.4 is 5.73 Å². The van der Waals surface area contributed by atoms with E-state index in [9.17, 15) is 0 Å². The molecule has 2 N–H and O–H groups in total. The lowest BCUT2D eigenvalue weighted by molar-refractivity contribution is 0.853. The predicted molar refractivity (Wildman–Crippen MR) is 83.3 cm³/mol. The van der Waals surface area contributed by atoms with Gasteiger partial charge < -0.3 is 5.73 Å². The second-order valence-electron chi connectivity index (χ2n) is 4.87. The standard InChI is InChI=1S/C15H18BrNS/c1-9(2)11-4-6-12(7-5-11)14(17)15-13(16)8-10(3)18-15/h4-9,14H,17H2,1-3H3. The first-order valence-corrected chi connectivity index (χ1v) is 7.71. The molecule has 18 heavy (non-hydrogen) atoms. The lowest BCUT2D eigenvalue weighted by Crippen LogP contribution is -2.10. The lowest BCUT2D eigenvalue weighted by Gasteiger charge is -2.13. The van der Waals surface area contributed by atoms with Crippen molar-refractivity contribution < 1.29 is 0 Å². The monoisotopic (exact) mass is 323 g/mol. The van der Waals surface area contributed by atoms with E-state index in [0.29, 0.717) is 5.92 Å². The van der Waals surface area contributed by atoms with Crippen LogP contribution in [0.15, 0.2) is 34.8 Å². The highest BCUT2D eigenvalue weighted by Crippen LogP contribution is 2.34. The molecule has 1 aromatic carbocycles. The van der Waals surface area contributed by atoms with Crippen molar-refractivity contribution in [2.24, 2.45) is 5.73 Å². The van der Waals surface area contributed by atoms with Gasteiger partial charge in [-0.3, -0.25) is 0 Å². The second kappa shape index (κ2) is 5.55. The SMILES string of the molecule is Cc1cc(Br)c(C(N)c2ccc(C(C)C)cc2)s1. The zero-order valence-electron chi connectivity index (χ0n) is 10.9. The van der Waals surface area contributed by atoms with Crippen molar-refractivity contribution in [2.75, 3.05) is 0 Å². The third-order valence-corrected chi connectivity index (χ3v) is 5.13. The van der Waals surface area contributed by atoms with Gasteiger partial charge in [0, 0.05) is 14.2 Å². The Labute approximate surface area is 121 Å². The van der Waals surface area contributed by atoms with Crippen molar-refractivity contribution >= 4 is 27.3 Å².